The SMILES string of the molecule is O=C(OCc1ccccc1)N1CCC2C[C@H]1c1cc(N3CCNCC3)ccc12. The van der Waals surface area contributed by atoms with Crippen molar-refractivity contribution in [3.63, 3.8) is 0 Å². The first kappa shape index (κ1) is 17.6. The predicted octanol–water partition coefficient (Wildman–Crippen LogP) is 3.67. The number of likely N-dealkylation sites (tertiary alicyclic amines) is 1. The molecule has 2 aromatic carbocycles. The zero-order chi connectivity index (χ0) is 18.9. The molecule has 3 aliphatic rings. The van der Waals surface area contributed by atoms with Crippen molar-refractivity contribution in [1.82, 2.24) is 10.2 Å². The highest BCUT2D eigenvalue weighted by Crippen LogP contribution is 2.50. The Morgan fingerprint density at radius 3 is 2.68 bits per heavy atom. The third-order valence-corrected chi connectivity index (χ3v) is 6.39. The number of piperidine rings is 1. The number of hydrogen-bond donors (Lipinski definition) is 1. The van der Waals surface area contributed by atoms with Crippen molar-refractivity contribution in [2.45, 2.75) is 31.4 Å². The van der Waals surface area contributed by atoms with Crippen LogP contribution in [0.4, 0.5) is 10.5 Å². The zero-order valence-electron chi connectivity index (χ0n) is 16.1. The molecule has 0 radical (unpaired) electrons. The van der Waals surface area contributed by atoms with Crippen LogP contribution in [0.3, 0.4) is 0 Å². The van der Waals surface area contributed by atoms with E-state index in [9.17, 15) is 4.79 Å². The summed E-state index contributed by atoms with van der Waals surface area (Å²) in [4.78, 5) is 17.2. The first-order chi connectivity index (χ1) is 13.8. The summed E-state index contributed by atoms with van der Waals surface area (Å²) in [5, 5.41) is 3.41. The maximum absolute atomic E-state index is 12.8. The van der Waals surface area contributed by atoms with Crippen molar-refractivity contribution in [2.24, 2.45) is 0 Å². The molecule has 2 fully saturated rings. The van der Waals surface area contributed by atoms with Gasteiger partial charge in [0, 0.05) is 38.4 Å². The van der Waals surface area contributed by atoms with Gasteiger partial charge in [0.15, 0.2) is 0 Å². The Labute approximate surface area is 166 Å². The summed E-state index contributed by atoms with van der Waals surface area (Å²) in [6.45, 7) is 5.24. The van der Waals surface area contributed by atoms with Gasteiger partial charge in [-0.2, -0.15) is 0 Å². The Balaban J connectivity index is 1.33. The average molecular weight is 377 g/mol. The molecule has 2 saturated heterocycles. The molecule has 1 aliphatic carbocycles. The number of anilines is 1. The van der Waals surface area contributed by atoms with Gasteiger partial charge >= 0.3 is 6.09 Å². The van der Waals surface area contributed by atoms with Crippen molar-refractivity contribution in [3.05, 3.63) is 65.2 Å². The Morgan fingerprint density at radius 2 is 1.86 bits per heavy atom. The van der Waals surface area contributed by atoms with Gasteiger partial charge in [-0.3, -0.25) is 0 Å². The van der Waals surface area contributed by atoms with Crippen LogP contribution in [0.5, 0.6) is 0 Å². The van der Waals surface area contributed by atoms with E-state index < -0.39 is 0 Å². The molecule has 28 heavy (non-hydrogen) atoms. The first-order valence-corrected chi connectivity index (χ1v) is 10.4. The van der Waals surface area contributed by atoms with E-state index in [0.717, 1.165) is 51.1 Å². The van der Waals surface area contributed by atoms with Crippen LogP contribution in [0.1, 0.15) is 41.5 Å². The van der Waals surface area contributed by atoms with Crippen LogP contribution in [0.15, 0.2) is 48.5 Å². The topological polar surface area (TPSA) is 44.8 Å². The number of carbonyl (C=O) groups excluding carboxylic acids is 1. The molecule has 0 aromatic heterocycles. The predicted molar refractivity (Wildman–Crippen MR) is 110 cm³/mol. The fraction of sp³-hybridized carbons (Fsp3) is 0.435. The largest absolute Gasteiger partial charge is 0.445 e. The van der Waals surface area contributed by atoms with Gasteiger partial charge in [-0.25, -0.2) is 4.79 Å². The summed E-state index contributed by atoms with van der Waals surface area (Å²) in [7, 11) is 0. The molecule has 1 unspecified atom stereocenters. The molecule has 1 N–H and O–H groups in total. The molecule has 1 amide bonds. The maximum Gasteiger partial charge on any atom is 0.410 e. The Kier molecular flexibility index (Phi) is 4.69. The van der Waals surface area contributed by atoms with Crippen molar-refractivity contribution < 1.29 is 9.53 Å². The van der Waals surface area contributed by atoms with Crippen LogP contribution < -0.4 is 10.2 Å². The van der Waals surface area contributed by atoms with E-state index in [1.807, 2.05) is 35.2 Å². The van der Waals surface area contributed by atoms with Crippen LogP contribution in [0.25, 0.3) is 0 Å². The molecule has 2 bridgehead atoms. The number of amides is 1. The Hall–Kier alpha value is -2.53. The highest BCUT2D eigenvalue weighted by Gasteiger charge is 2.41. The molecule has 5 heteroatoms. The van der Waals surface area contributed by atoms with Gasteiger partial charge in [0.05, 0.1) is 6.04 Å². The van der Waals surface area contributed by atoms with E-state index in [4.69, 9.17) is 4.74 Å². The van der Waals surface area contributed by atoms with E-state index in [1.165, 1.54) is 16.8 Å². The number of ether oxygens (including phenoxy) is 1. The molecule has 2 aliphatic heterocycles. The van der Waals surface area contributed by atoms with Crippen molar-refractivity contribution >= 4 is 11.8 Å². The van der Waals surface area contributed by atoms with E-state index in [2.05, 4.69) is 28.4 Å². The average Bonchev–Trinajstić information content (AvgIpc) is 3.05. The lowest BCUT2D eigenvalue weighted by molar-refractivity contribution is 0.0694. The second kappa shape index (κ2) is 7.47. The molecule has 5 nitrogen and oxygen atoms in total. The van der Waals surface area contributed by atoms with Gasteiger partial charge in [-0.15, -0.1) is 0 Å². The second-order valence-corrected chi connectivity index (χ2v) is 8.02. The molecule has 146 valence electrons. The summed E-state index contributed by atoms with van der Waals surface area (Å²) in [6, 6.07) is 16.9. The van der Waals surface area contributed by atoms with Gasteiger partial charge < -0.3 is 19.9 Å². The maximum atomic E-state index is 12.8. The normalized spacial score (nSPS) is 23.4. The van der Waals surface area contributed by atoms with Crippen molar-refractivity contribution in [2.75, 3.05) is 37.6 Å². The first-order valence-electron chi connectivity index (χ1n) is 10.4. The van der Waals surface area contributed by atoms with Gasteiger partial charge in [0.2, 0.25) is 0 Å². The minimum atomic E-state index is -0.187. The number of fused-ring (bicyclic) bond motifs is 5. The Bertz CT molecular complexity index is 848. The molecular formula is C23H27N3O2. The van der Waals surface area contributed by atoms with Crippen LogP contribution in [-0.4, -0.2) is 43.7 Å². The van der Waals surface area contributed by atoms with Gasteiger partial charge in [-0.1, -0.05) is 36.4 Å². The molecular weight excluding hydrogens is 350 g/mol. The van der Waals surface area contributed by atoms with E-state index in [1.54, 1.807) is 0 Å². The molecule has 2 aromatic rings. The lowest BCUT2D eigenvalue weighted by atomic mass is 9.96. The zero-order valence-corrected chi connectivity index (χ0v) is 16.1. The van der Waals surface area contributed by atoms with E-state index >= 15 is 0 Å². The fourth-order valence-electron chi connectivity index (χ4n) is 4.91. The van der Waals surface area contributed by atoms with Crippen molar-refractivity contribution in [1.29, 1.82) is 0 Å². The van der Waals surface area contributed by atoms with Crippen LogP contribution in [0.2, 0.25) is 0 Å². The lowest BCUT2D eigenvalue weighted by Crippen LogP contribution is -2.43. The summed E-state index contributed by atoms with van der Waals surface area (Å²) < 4.78 is 5.65. The van der Waals surface area contributed by atoms with E-state index in [0.29, 0.717) is 12.5 Å². The fourth-order valence-corrected chi connectivity index (χ4v) is 4.91. The van der Waals surface area contributed by atoms with Gasteiger partial charge in [0.25, 0.3) is 0 Å². The molecule has 0 spiro atoms. The quantitative estimate of drug-likeness (QED) is 0.887. The van der Waals surface area contributed by atoms with E-state index in [-0.39, 0.29) is 12.1 Å². The highest BCUT2D eigenvalue weighted by molar-refractivity contribution is 5.70. The highest BCUT2D eigenvalue weighted by atomic mass is 16.6. The number of carbonyl (C=O) groups is 1. The van der Waals surface area contributed by atoms with Gasteiger partial charge in [0.1, 0.15) is 6.61 Å². The number of nitrogens with zero attached hydrogens (tertiary/aromatic N) is 2. The van der Waals surface area contributed by atoms with Crippen LogP contribution >= 0.6 is 0 Å². The third kappa shape index (κ3) is 3.24. The Morgan fingerprint density at radius 1 is 1.04 bits per heavy atom. The molecule has 0 saturated carbocycles. The molecule has 2 heterocycles. The number of piperazine rings is 1. The smallest absolute Gasteiger partial charge is 0.410 e. The summed E-state index contributed by atoms with van der Waals surface area (Å²) in [5.41, 5.74) is 5.07. The number of rotatable bonds is 3. The summed E-state index contributed by atoms with van der Waals surface area (Å²) in [6.07, 6.45) is 1.87. The minimum Gasteiger partial charge on any atom is -0.445 e. The lowest BCUT2D eigenvalue weighted by Gasteiger charge is -2.33. The van der Waals surface area contributed by atoms with Crippen molar-refractivity contribution in [3.8, 4) is 0 Å². The summed E-state index contributed by atoms with van der Waals surface area (Å²) >= 11 is 0. The molecule has 5 rings (SSSR count). The summed E-state index contributed by atoms with van der Waals surface area (Å²) in [5.74, 6) is 0.579. The standard InChI is InChI=1S/C23H27N3O2/c27-23(28-16-17-4-2-1-3-5-17)26-11-8-18-14-22(26)21-15-19(6-7-20(18)21)25-12-9-24-10-13-25/h1-7,15,18,22,24H,8-14,16H2/t18?,22-/m0/s1. The molecule has 2 atom stereocenters. The number of hydrogen-bond acceptors (Lipinski definition) is 4. The second-order valence-electron chi connectivity index (χ2n) is 8.02. The van der Waals surface area contributed by atoms with Gasteiger partial charge in [-0.05, 0) is 47.6 Å². The third-order valence-electron chi connectivity index (χ3n) is 6.39. The number of nitrogens with one attached hydrogen (secondary N) is 1. The van der Waals surface area contributed by atoms with Crippen LogP contribution in [0, 0.1) is 0 Å². The monoisotopic (exact) mass is 377 g/mol. The minimum absolute atomic E-state index is 0.153. The van der Waals surface area contributed by atoms with Crippen LogP contribution in [-0.2, 0) is 11.3 Å². The number of benzene rings is 2.